The molecule has 0 aromatic heterocycles. The van der Waals surface area contributed by atoms with Crippen LogP contribution in [0.15, 0.2) is 18.2 Å². The third-order valence-corrected chi connectivity index (χ3v) is 3.64. The SMILES string of the molecule is O=C(O)c1ccc(CN2CCCCCCC2)c(F)c1. The summed E-state index contributed by atoms with van der Waals surface area (Å²) < 4.78 is 13.9. The van der Waals surface area contributed by atoms with Crippen LogP contribution in [0.3, 0.4) is 0 Å². The van der Waals surface area contributed by atoms with Crippen LogP contribution in [-0.4, -0.2) is 29.1 Å². The highest BCUT2D eigenvalue weighted by Crippen LogP contribution is 2.16. The summed E-state index contributed by atoms with van der Waals surface area (Å²) in [5, 5.41) is 8.81. The van der Waals surface area contributed by atoms with Crippen LogP contribution in [0.2, 0.25) is 0 Å². The molecule has 1 heterocycles. The Hall–Kier alpha value is -1.42. The van der Waals surface area contributed by atoms with Crippen LogP contribution in [0.5, 0.6) is 0 Å². The van der Waals surface area contributed by atoms with Gasteiger partial charge in [-0.15, -0.1) is 0 Å². The average Bonchev–Trinajstić information content (AvgIpc) is 2.34. The number of halogens is 1. The predicted octanol–water partition coefficient (Wildman–Crippen LogP) is 3.29. The summed E-state index contributed by atoms with van der Waals surface area (Å²) in [6.45, 7) is 2.58. The number of carboxylic acid groups (broad SMARTS) is 1. The number of carboxylic acids is 1. The Morgan fingerprint density at radius 2 is 1.79 bits per heavy atom. The molecule has 3 nitrogen and oxygen atoms in total. The number of nitrogens with zero attached hydrogens (tertiary/aromatic N) is 1. The van der Waals surface area contributed by atoms with Crippen molar-refractivity contribution >= 4 is 5.97 Å². The Morgan fingerprint density at radius 3 is 2.37 bits per heavy atom. The van der Waals surface area contributed by atoms with Gasteiger partial charge in [-0.2, -0.15) is 0 Å². The van der Waals surface area contributed by atoms with Crippen molar-refractivity contribution in [2.24, 2.45) is 0 Å². The maximum absolute atomic E-state index is 13.9. The average molecular weight is 265 g/mol. The van der Waals surface area contributed by atoms with Crippen molar-refractivity contribution in [3.8, 4) is 0 Å². The van der Waals surface area contributed by atoms with E-state index in [0.717, 1.165) is 32.0 Å². The van der Waals surface area contributed by atoms with E-state index in [-0.39, 0.29) is 5.56 Å². The van der Waals surface area contributed by atoms with Gasteiger partial charge in [0.05, 0.1) is 5.56 Å². The summed E-state index contributed by atoms with van der Waals surface area (Å²) in [6, 6.07) is 4.18. The van der Waals surface area contributed by atoms with Gasteiger partial charge in [-0.25, -0.2) is 9.18 Å². The Morgan fingerprint density at radius 1 is 1.16 bits per heavy atom. The van der Waals surface area contributed by atoms with Crippen LogP contribution in [0.4, 0.5) is 4.39 Å². The van der Waals surface area contributed by atoms with Gasteiger partial charge in [-0.05, 0) is 38.1 Å². The third kappa shape index (κ3) is 4.03. The van der Waals surface area contributed by atoms with Crippen molar-refractivity contribution in [2.45, 2.75) is 38.6 Å². The Kier molecular flexibility index (Phi) is 4.91. The highest BCUT2D eigenvalue weighted by molar-refractivity contribution is 5.87. The first-order valence-electron chi connectivity index (χ1n) is 6.91. The van der Waals surface area contributed by atoms with E-state index in [4.69, 9.17) is 5.11 Å². The minimum atomic E-state index is -1.09. The smallest absolute Gasteiger partial charge is 0.335 e. The molecular weight excluding hydrogens is 245 g/mol. The summed E-state index contributed by atoms with van der Waals surface area (Å²) in [5.41, 5.74) is 0.597. The molecule has 0 saturated carbocycles. The molecule has 19 heavy (non-hydrogen) atoms. The van der Waals surface area contributed by atoms with Gasteiger partial charge >= 0.3 is 5.97 Å². The first kappa shape index (κ1) is 14.0. The van der Waals surface area contributed by atoms with Crippen molar-refractivity contribution in [2.75, 3.05) is 13.1 Å². The van der Waals surface area contributed by atoms with Gasteiger partial charge in [0.1, 0.15) is 5.82 Å². The molecule has 0 aliphatic carbocycles. The van der Waals surface area contributed by atoms with Crippen molar-refractivity contribution in [1.82, 2.24) is 4.90 Å². The van der Waals surface area contributed by atoms with Gasteiger partial charge in [-0.3, -0.25) is 4.90 Å². The van der Waals surface area contributed by atoms with Crippen molar-refractivity contribution in [1.29, 1.82) is 0 Å². The van der Waals surface area contributed by atoms with Gasteiger partial charge in [0.2, 0.25) is 0 Å². The molecular formula is C15H20FNO2. The number of benzene rings is 1. The lowest BCUT2D eigenvalue weighted by Crippen LogP contribution is -2.27. The maximum atomic E-state index is 13.9. The summed E-state index contributed by atoms with van der Waals surface area (Å²) in [6.07, 6.45) is 6.12. The molecule has 0 atom stereocenters. The van der Waals surface area contributed by atoms with Gasteiger partial charge in [0.15, 0.2) is 0 Å². The lowest BCUT2D eigenvalue weighted by molar-refractivity contribution is 0.0696. The van der Waals surface area contributed by atoms with E-state index in [9.17, 15) is 9.18 Å². The maximum Gasteiger partial charge on any atom is 0.335 e. The second-order valence-corrected chi connectivity index (χ2v) is 5.16. The summed E-state index contributed by atoms with van der Waals surface area (Å²) in [4.78, 5) is 13.0. The zero-order valence-electron chi connectivity index (χ0n) is 11.1. The van der Waals surface area contributed by atoms with Crippen LogP contribution >= 0.6 is 0 Å². The normalized spacial score (nSPS) is 17.7. The highest BCUT2D eigenvalue weighted by atomic mass is 19.1. The number of hydrogen-bond acceptors (Lipinski definition) is 2. The zero-order chi connectivity index (χ0) is 13.7. The van der Waals surface area contributed by atoms with E-state index >= 15 is 0 Å². The first-order chi connectivity index (χ1) is 9.16. The summed E-state index contributed by atoms with van der Waals surface area (Å²) >= 11 is 0. The Balaban J connectivity index is 2.03. The standard InChI is InChI=1S/C15H20FNO2/c16-14-10-12(15(18)19)6-7-13(14)11-17-8-4-2-1-3-5-9-17/h6-7,10H,1-5,8-9,11H2,(H,18,19). The summed E-state index contributed by atoms with van der Waals surface area (Å²) in [7, 11) is 0. The van der Waals surface area contributed by atoms with E-state index in [1.165, 1.54) is 25.3 Å². The van der Waals surface area contributed by atoms with Crippen molar-refractivity contribution in [3.05, 3.63) is 35.1 Å². The molecule has 1 aliphatic heterocycles. The molecule has 0 amide bonds. The molecule has 1 aliphatic rings. The monoisotopic (exact) mass is 265 g/mol. The fourth-order valence-electron chi connectivity index (χ4n) is 2.52. The molecule has 1 aromatic carbocycles. The molecule has 0 spiro atoms. The van der Waals surface area contributed by atoms with Gasteiger partial charge < -0.3 is 5.11 Å². The van der Waals surface area contributed by atoms with Crippen LogP contribution in [0.25, 0.3) is 0 Å². The minimum Gasteiger partial charge on any atom is -0.478 e. The molecule has 0 bridgehead atoms. The first-order valence-corrected chi connectivity index (χ1v) is 6.91. The minimum absolute atomic E-state index is 0.00826. The van der Waals surface area contributed by atoms with E-state index < -0.39 is 11.8 Å². The van der Waals surface area contributed by atoms with E-state index in [0.29, 0.717) is 12.1 Å². The van der Waals surface area contributed by atoms with Gasteiger partial charge in [-0.1, -0.05) is 25.3 Å². The van der Waals surface area contributed by atoms with E-state index in [2.05, 4.69) is 4.90 Å². The van der Waals surface area contributed by atoms with Crippen molar-refractivity contribution in [3.63, 3.8) is 0 Å². The quantitative estimate of drug-likeness (QED) is 0.911. The van der Waals surface area contributed by atoms with Gasteiger partial charge in [0, 0.05) is 12.1 Å². The van der Waals surface area contributed by atoms with E-state index in [1.54, 1.807) is 6.07 Å². The molecule has 1 fully saturated rings. The molecule has 104 valence electrons. The third-order valence-electron chi connectivity index (χ3n) is 3.64. The topological polar surface area (TPSA) is 40.5 Å². The lowest BCUT2D eigenvalue weighted by Gasteiger charge is -2.24. The number of aromatic carboxylic acids is 1. The Labute approximate surface area is 113 Å². The van der Waals surface area contributed by atoms with E-state index in [1.807, 2.05) is 0 Å². The van der Waals surface area contributed by atoms with Gasteiger partial charge in [0.25, 0.3) is 0 Å². The molecule has 0 unspecified atom stereocenters. The number of hydrogen-bond donors (Lipinski definition) is 1. The second kappa shape index (κ2) is 6.66. The summed E-state index contributed by atoms with van der Waals surface area (Å²) in [5.74, 6) is -1.50. The van der Waals surface area contributed by atoms with Crippen LogP contribution in [0.1, 0.15) is 48.0 Å². The number of rotatable bonds is 3. The fourth-order valence-corrected chi connectivity index (χ4v) is 2.52. The second-order valence-electron chi connectivity index (χ2n) is 5.16. The van der Waals surface area contributed by atoms with Crippen LogP contribution < -0.4 is 0 Å². The molecule has 4 heteroatoms. The molecule has 1 aromatic rings. The molecule has 0 radical (unpaired) electrons. The van der Waals surface area contributed by atoms with Crippen LogP contribution in [-0.2, 0) is 6.54 Å². The highest BCUT2D eigenvalue weighted by Gasteiger charge is 2.13. The predicted molar refractivity (Wildman–Crippen MR) is 71.7 cm³/mol. The number of carbonyl (C=O) groups is 1. The largest absolute Gasteiger partial charge is 0.478 e. The molecule has 2 rings (SSSR count). The Bertz CT molecular complexity index is 440. The lowest BCUT2D eigenvalue weighted by atomic mass is 10.1. The van der Waals surface area contributed by atoms with Crippen LogP contribution in [0, 0.1) is 5.82 Å². The van der Waals surface area contributed by atoms with Crippen molar-refractivity contribution < 1.29 is 14.3 Å². The molecule has 1 N–H and O–H groups in total. The fraction of sp³-hybridized carbons (Fsp3) is 0.533. The number of likely N-dealkylation sites (tertiary alicyclic amines) is 1. The molecule has 1 saturated heterocycles. The zero-order valence-corrected chi connectivity index (χ0v) is 11.1.